The SMILES string of the molecule is CC(C)Cc1nc(N2CCN(C(=O)C(=O)N3CCCC3)CC2)c(C#N)c2c1CCCC2. The number of anilines is 1. The van der Waals surface area contributed by atoms with Crippen molar-refractivity contribution in [1.82, 2.24) is 14.8 Å². The summed E-state index contributed by atoms with van der Waals surface area (Å²) in [6.45, 7) is 7.96. The van der Waals surface area contributed by atoms with E-state index in [0.717, 1.165) is 62.0 Å². The summed E-state index contributed by atoms with van der Waals surface area (Å²) in [7, 11) is 0. The topological polar surface area (TPSA) is 80.5 Å². The number of aromatic nitrogens is 1. The molecule has 31 heavy (non-hydrogen) atoms. The summed E-state index contributed by atoms with van der Waals surface area (Å²) in [5.74, 6) is 0.526. The fourth-order valence-electron chi connectivity index (χ4n) is 5.10. The predicted octanol–water partition coefficient (Wildman–Crippen LogP) is 2.30. The number of amides is 2. The second kappa shape index (κ2) is 9.25. The second-order valence-corrected chi connectivity index (χ2v) is 9.41. The molecule has 3 heterocycles. The number of pyridine rings is 1. The van der Waals surface area contributed by atoms with Crippen LogP contribution in [0.1, 0.15) is 61.9 Å². The van der Waals surface area contributed by atoms with Crippen LogP contribution in [0.15, 0.2) is 0 Å². The molecule has 3 aliphatic rings. The standard InChI is InChI=1S/C24H33N5O2/c1-17(2)15-21-19-8-4-3-7-18(19)20(16-25)22(26-21)27-11-13-29(14-12-27)24(31)23(30)28-9-5-6-10-28/h17H,3-15H2,1-2H3. The summed E-state index contributed by atoms with van der Waals surface area (Å²) in [5, 5.41) is 9.98. The Bertz CT molecular complexity index is 890. The molecule has 2 saturated heterocycles. The Morgan fingerprint density at radius 1 is 0.903 bits per heavy atom. The maximum absolute atomic E-state index is 12.7. The molecule has 0 saturated carbocycles. The largest absolute Gasteiger partial charge is 0.352 e. The zero-order valence-electron chi connectivity index (χ0n) is 18.8. The van der Waals surface area contributed by atoms with Gasteiger partial charge in [0.15, 0.2) is 0 Å². The number of likely N-dealkylation sites (tertiary alicyclic amines) is 1. The molecule has 1 aromatic rings. The molecule has 0 atom stereocenters. The Kier molecular flexibility index (Phi) is 6.45. The molecule has 4 rings (SSSR count). The molecule has 7 nitrogen and oxygen atoms in total. The zero-order valence-corrected chi connectivity index (χ0v) is 18.8. The predicted molar refractivity (Wildman–Crippen MR) is 119 cm³/mol. The van der Waals surface area contributed by atoms with Gasteiger partial charge in [-0.1, -0.05) is 13.8 Å². The maximum atomic E-state index is 12.7. The van der Waals surface area contributed by atoms with Gasteiger partial charge in [0.25, 0.3) is 0 Å². The molecular weight excluding hydrogens is 390 g/mol. The summed E-state index contributed by atoms with van der Waals surface area (Å²) in [6, 6.07) is 2.45. The number of carbonyl (C=O) groups excluding carboxylic acids is 2. The van der Waals surface area contributed by atoms with E-state index in [-0.39, 0.29) is 11.8 Å². The van der Waals surface area contributed by atoms with Crippen molar-refractivity contribution < 1.29 is 9.59 Å². The van der Waals surface area contributed by atoms with Crippen LogP contribution in [0.5, 0.6) is 0 Å². The molecule has 0 N–H and O–H groups in total. The Morgan fingerprint density at radius 2 is 1.48 bits per heavy atom. The number of nitrogens with zero attached hydrogens (tertiary/aromatic N) is 5. The highest BCUT2D eigenvalue weighted by atomic mass is 16.2. The van der Waals surface area contributed by atoms with Gasteiger partial charge in [0.05, 0.1) is 5.56 Å². The summed E-state index contributed by atoms with van der Waals surface area (Å²) in [6.07, 6.45) is 7.12. The van der Waals surface area contributed by atoms with Crippen molar-refractivity contribution in [3.8, 4) is 6.07 Å². The van der Waals surface area contributed by atoms with E-state index in [0.29, 0.717) is 45.2 Å². The minimum absolute atomic E-state index is 0.366. The van der Waals surface area contributed by atoms with Gasteiger partial charge in [0.1, 0.15) is 11.9 Å². The van der Waals surface area contributed by atoms with Crippen molar-refractivity contribution in [2.45, 2.75) is 58.8 Å². The normalized spacial score (nSPS) is 18.8. The molecule has 0 bridgehead atoms. The lowest BCUT2D eigenvalue weighted by molar-refractivity contribution is -0.151. The van der Waals surface area contributed by atoms with Crippen LogP contribution < -0.4 is 4.90 Å². The first kappa shape index (κ1) is 21.6. The van der Waals surface area contributed by atoms with Crippen LogP contribution in [0.3, 0.4) is 0 Å². The summed E-state index contributed by atoms with van der Waals surface area (Å²) in [5.41, 5.74) is 4.35. The third kappa shape index (κ3) is 4.39. The van der Waals surface area contributed by atoms with Gasteiger partial charge in [0.2, 0.25) is 0 Å². The second-order valence-electron chi connectivity index (χ2n) is 9.41. The Labute approximate surface area is 185 Å². The van der Waals surface area contributed by atoms with E-state index in [2.05, 4.69) is 24.8 Å². The Morgan fingerprint density at radius 3 is 2.06 bits per heavy atom. The first-order chi connectivity index (χ1) is 15.0. The number of fused-ring (bicyclic) bond motifs is 1. The molecule has 2 fully saturated rings. The van der Waals surface area contributed by atoms with Crippen LogP contribution >= 0.6 is 0 Å². The van der Waals surface area contributed by atoms with E-state index in [1.807, 2.05) is 0 Å². The van der Waals surface area contributed by atoms with Gasteiger partial charge in [-0.25, -0.2) is 4.98 Å². The molecule has 1 aromatic heterocycles. The minimum Gasteiger partial charge on any atom is -0.352 e. The molecule has 2 amide bonds. The summed E-state index contributed by atoms with van der Waals surface area (Å²) < 4.78 is 0. The van der Waals surface area contributed by atoms with Gasteiger partial charge in [-0.05, 0) is 62.0 Å². The molecule has 0 spiro atoms. The van der Waals surface area contributed by atoms with Crippen LogP contribution in [0.4, 0.5) is 5.82 Å². The third-order valence-corrected chi connectivity index (χ3v) is 6.74. The maximum Gasteiger partial charge on any atom is 0.312 e. The Balaban J connectivity index is 1.53. The number of hydrogen-bond donors (Lipinski definition) is 0. The van der Waals surface area contributed by atoms with Crippen molar-refractivity contribution in [1.29, 1.82) is 5.26 Å². The lowest BCUT2D eigenvalue weighted by Gasteiger charge is -2.37. The van der Waals surface area contributed by atoms with Crippen molar-refractivity contribution in [2.75, 3.05) is 44.2 Å². The molecule has 0 radical (unpaired) electrons. The lowest BCUT2D eigenvalue weighted by Crippen LogP contribution is -2.53. The smallest absolute Gasteiger partial charge is 0.312 e. The van der Waals surface area contributed by atoms with Crippen molar-refractivity contribution in [3.63, 3.8) is 0 Å². The number of rotatable bonds is 3. The molecule has 166 valence electrons. The number of nitriles is 1. The molecular formula is C24H33N5O2. The molecule has 7 heteroatoms. The van der Waals surface area contributed by atoms with E-state index in [4.69, 9.17) is 4.98 Å². The van der Waals surface area contributed by atoms with Crippen LogP contribution in [-0.4, -0.2) is 65.9 Å². The number of hydrogen-bond acceptors (Lipinski definition) is 5. The Hall–Kier alpha value is -2.62. The van der Waals surface area contributed by atoms with Crippen molar-refractivity contribution >= 4 is 17.6 Å². The first-order valence-corrected chi connectivity index (χ1v) is 11.8. The quantitative estimate of drug-likeness (QED) is 0.697. The zero-order chi connectivity index (χ0) is 22.0. The molecule has 0 unspecified atom stereocenters. The fourth-order valence-corrected chi connectivity index (χ4v) is 5.10. The van der Waals surface area contributed by atoms with Crippen LogP contribution in [0.2, 0.25) is 0 Å². The summed E-state index contributed by atoms with van der Waals surface area (Å²) in [4.78, 5) is 35.6. The highest BCUT2D eigenvalue weighted by molar-refractivity contribution is 6.35. The summed E-state index contributed by atoms with van der Waals surface area (Å²) >= 11 is 0. The number of carbonyl (C=O) groups is 2. The van der Waals surface area contributed by atoms with E-state index in [1.165, 1.54) is 11.1 Å². The lowest BCUT2D eigenvalue weighted by atomic mass is 9.85. The monoisotopic (exact) mass is 423 g/mol. The molecule has 1 aliphatic carbocycles. The average Bonchev–Trinajstić information content (AvgIpc) is 3.32. The van der Waals surface area contributed by atoms with Gasteiger partial charge in [-0.15, -0.1) is 0 Å². The van der Waals surface area contributed by atoms with Gasteiger partial charge in [-0.2, -0.15) is 5.26 Å². The average molecular weight is 424 g/mol. The highest BCUT2D eigenvalue weighted by Crippen LogP contribution is 2.33. The van der Waals surface area contributed by atoms with Crippen molar-refractivity contribution in [3.05, 3.63) is 22.4 Å². The van der Waals surface area contributed by atoms with Crippen LogP contribution in [-0.2, 0) is 28.9 Å². The highest BCUT2D eigenvalue weighted by Gasteiger charge is 2.32. The number of piperazine rings is 1. The van der Waals surface area contributed by atoms with Crippen molar-refractivity contribution in [2.24, 2.45) is 5.92 Å². The van der Waals surface area contributed by atoms with Gasteiger partial charge in [-0.3, -0.25) is 9.59 Å². The van der Waals surface area contributed by atoms with E-state index in [1.54, 1.807) is 9.80 Å². The van der Waals surface area contributed by atoms with E-state index in [9.17, 15) is 14.9 Å². The third-order valence-electron chi connectivity index (χ3n) is 6.74. The van der Waals surface area contributed by atoms with Gasteiger partial charge < -0.3 is 14.7 Å². The van der Waals surface area contributed by atoms with E-state index < -0.39 is 0 Å². The fraction of sp³-hybridized carbons (Fsp3) is 0.667. The molecule has 0 aromatic carbocycles. The van der Waals surface area contributed by atoms with Gasteiger partial charge in [0, 0.05) is 45.0 Å². The van der Waals surface area contributed by atoms with Crippen LogP contribution in [0.25, 0.3) is 0 Å². The van der Waals surface area contributed by atoms with E-state index >= 15 is 0 Å². The first-order valence-electron chi connectivity index (χ1n) is 11.8. The molecule has 2 aliphatic heterocycles. The van der Waals surface area contributed by atoms with Crippen LogP contribution in [0, 0.1) is 17.2 Å². The van der Waals surface area contributed by atoms with Gasteiger partial charge >= 0.3 is 11.8 Å². The minimum atomic E-state index is -0.388.